The van der Waals surface area contributed by atoms with E-state index in [1.165, 1.54) is 12.0 Å². The van der Waals surface area contributed by atoms with E-state index in [-0.39, 0.29) is 11.3 Å². The normalized spacial score (nSPS) is 23.9. The van der Waals surface area contributed by atoms with Crippen molar-refractivity contribution in [1.29, 1.82) is 0 Å². The molecule has 0 radical (unpaired) electrons. The van der Waals surface area contributed by atoms with Crippen LogP contribution in [-0.2, 0) is 4.79 Å². The van der Waals surface area contributed by atoms with Crippen LogP contribution in [0.3, 0.4) is 0 Å². The molecule has 1 saturated heterocycles. The Bertz CT molecular complexity index is 1130. The minimum atomic E-state index is 0.216. The summed E-state index contributed by atoms with van der Waals surface area (Å²) in [5.74, 6) is 0.693. The van der Waals surface area contributed by atoms with Crippen molar-refractivity contribution in [3.05, 3.63) is 54.1 Å². The Labute approximate surface area is 201 Å². The number of benzene rings is 2. The molecule has 2 fully saturated rings. The van der Waals surface area contributed by atoms with E-state index in [0.717, 1.165) is 40.4 Å². The summed E-state index contributed by atoms with van der Waals surface area (Å²) in [6, 6.07) is 17.2. The number of likely N-dealkylation sites (tertiary alicyclic amines) is 1. The second-order valence-electron chi connectivity index (χ2n) is 11.5. The molecule has 3 aromatic rings. The summed E-state index contributed by atoms with van der Waals surface area (Å²) < 4.78 is 1.15. The number of carbonyl (C=O) groups excluding carboxylic acids is 1. The molecule has 174 valence electrons. The molecule has 33 heavy (non-hydrogen) atoms. The Kier molecular flexibility index (Phi) is 5.51. The van der Waals surface area contributed by atoms with Crippen LogP contribution < -0.4 is 4.90 Å². The van der Waals surface area contributed by atoms with Gasteiger partial charge in [-0.15, -0.1) is 0 Å². The van der Waals surface area contributed by atoms with Gasteiger partial charge in [0.05, 0.1) is 10.2 Å². The predicted octanol–water partition coefficient (Wildman–Crippen LogP) is 6.99. The molecule has 2 aromatic carbocycles. The molecule has 0 unspecified atom stereocenters. The van der Waals surface area contributed by atoms with Crippen molar-refractivity contribution in [2.75, 3.05) is 18.0 Å². The van der Waals surface area contributed by atoms with Crippen LogP contribution in [0.5, 0.6) is 0 Å². The number of aromatic nitrogens is 1. The van der Waals surface area contributed by atoms with E-state index in [4.69, 9.17) is 4.98 Å². The highest BCUT2D eigenvalue weighted by molar-refractivity contribution is 7.22. The van der Waals surface area contributed by atoms with Gasteiger partial charge >= 0.3 is 0 Å². The third-order valence-corrected chi connectivity index (χ3v) is 8.47. The summed E-state index contributed by atoms with van der Waals surface area (Å²) in [5.41, 5.74) is 3.85. The molecular formula is C28H35N3OS. The van der Waals surface area contributed by atoms with E-state index in [1.54, 1.807) is 11.3 Å². The average Bonchev–Trinajstić information content (AvgIpc) is 3.29. The van der Waals surface area contributed by atoms with E-state index in [0.29, 0.717) is 23.9 Å². The van der Waals surface area contributed by atoms with Crippen LogP contribution in [-0.4, -0.2) is 34.9 Å². The highest BCUT2D eigenvalue weighted by Crippen LogP contribution is 2.52. The largest absolute Gasteiger partial charge is 0.338 e. The Morgan fingerprint density at radius 3 is 2.55 bits per heavy atom. The zero-order valence-corrected chi connectivity index (χ0v) is 21.3. The third kappa shape index (κ3) is 4.40. The summed E-state index contributed by atoms with van der Waals surface area (Å²) in [5, 5.41) is 0.885. The molecule has 5 heteroatoms. The van der Waals surface area contributed by atoms with E-state index in [1.807, 2.05) is 18.2 Å². The number of anilines is 2. The van der Waals surface area contributed by atoms with E-state index in [2.05, 4.69) is 74.8 Å². The lowest BCUT2D eigenvalue weighted by Gasteiger charge is -2.39. The van der Waals surface area contributed by atoms with Crippen molar-refractivity contribution in [3.8, 4) is 0 Å². The molecule has 1 aromatic heterocycles. The van der Waals surface area contributed by atoms with Gasteiger partial charge < -0.3 is 9.80 Å². The Balaban J connectivity index is 1.46. The maximum Gasteiger partial charge on any atom is 0.242 e. The molecule has 2 bridgehead atoms. The number of para-hydroxylation sites is 1. The standard InChI is InChI=1S/C28H35N3OS/c1-19(2)20-10-12-21(13-11-20)30(26-29-23-8-6-7-9-24(23)33-26)16-25(32)31-18-28(5)15-22(31)14-27(3,4)17-28/h6-13,19,22H,14-18H2,1-5H3/t22-,28+/m1/s1. The summed E-state index contributed by atoms with van der Waals surface area (Å²) >= 11 is 1.66. The summed E-state index contributed by atoms with van der Waals surface area (Å²) in [6.45, 7) is 12.7. The number of nitrogens with zero attached hydrogens (tertiary/aromatic N) is 3. The van der Waals surface area contributed by atoms with Crippen LogP contribution in [0.4, 0.5) is 10.8 Å². The first kappa shape index (κ1) is 22.4. The number of hydrogen-bond acceptors (Lipinski definition) is 4. The maximum atomic E-state index is 13.7. The van der Waals surface area contributed by atoms with E-state index >= 15 is 0 Å². The van der Waals surface area contributed by atoms with Gasteiger partial charge in [0.25, 0.3) is 0 Å². The quantitative estimate of drug-likeness (QED) is 0.411. The zero-order chi connectivity index (χ0) is 23.4. The van der Waals surface area contributed by atoms with Gasteiger partial charge in [-0.2, -0.15) is 0 Å². The van der Waals surface area contributed by atoms with Crippen LogP contribution in [0.15, 0.2) is 48.5 Å². The molecular weight excluding hydrogens is 426 g/mol. The molecule has 4 nitrogen and oxygen atoms in total. The zero-order valence-electron chi connectivity index (χ0n) is 20.5. The summed E-state index contributed by atoms with van der Waals surface area (Å²) in [7, 11) is 0. The fourth-order valence-corrected chi connectivity index (χ4v) is 7.25. The second-order valence-corrected chi connectivity index (χ2v) is 12.5. The van der Waals surface area contributed by atoms with Crippen molar-refractivity contribution in [1.82, 2.24) is 9.88 Å². The van der Waals surface area contributed by atoms with Crippen LogP contribution in [0.1, 0.15) is 65.4 Å². The van der Waals surface area contributed by atoms with Crippen molar-refractivity contribution in [2.45, 2.75) is 65.8 Å². The fraction of sp³-hybridized carbons (Fsp3) is 0.500. The van der Waals surface area contributed by atoms with Gasteiger partial charge in [-0.3, -0.25) is 4.79 Å². The van der Waals surface area contributed by atoms with Gasteiger partial charge in [-0.25, -0.2) is 4.98 Å². The molecule has 1 saturated carbocycles. The third-order valence-electron chi connectivity index (χ3n) is 7.41. The fourth-order valence-electron chi connectivity index (χ4n) is 6.26. The van der Waals surface area contributed by atoms with Gasteiger partial charge in [0.1, 0.15) is 6.54 Å². The average molecular weight is 462 g/mol. The number of hydrogen-bond donors (Lipinski definition) is 0. The molecule has 5 rings (SSSR count). The van der Waals surface area contributed by atoms with E-state index in [9.17, 15) is 4.79 Å². The van der Waals surface area contributed by atoms with Gasteiger partial charge in [0.2, 0.25) is 5.91 Å². The molecule has 1 aliphatic heterocycles. The highest BCUT2D eigenvalue weighted by atomic mass is 32.1. The predicted molar refractivity (Wildman–Crippen MR) is 138 cm³/mol. The number of carbonyl (C=O) groups is 1. The van der Waals surface area contributed by atoms with Crippen molar-refractivity contribution in [3.63, 3.8) is 0 Å². The summed E-state index contributed by atoms with van der Waals surface area (Å²) in [4.78, 5) is 22.9. The number of thiazole rings is 1. The maximum absolute atomic E-state index is 13.7. The lowest BCUT2D eigenvalue weighted by Crippen LogP contribution is -2.42. The van der Waals surface area contributed by atoms with Crippen LogP contribution in [0, 0.1) is 10.8 Å². The van der Waals surface area contributed by atoms with Gasteiger partial charge in [0.15, 0.2) is 5.13 Å². The number of amides is 1. The number of fused-ring (bicyclic) bond motifs is 3. The topological polar surface area (TPSA) is 36.4 Å². The minimum Gasteiger partial charge on any atom is -0.338 e. The highest BCUT2D eigenvalue weighted by Gasteiger charge is 2.51. The Morgan fingerprint density at radius 1 is 1.12 bits per heavy atom. The summed E-state index contributed by atoms with van der Waals surface area (Å²) in [6.07, 6.45) is 3.42. The molecule has 1 amide bonds. The molecule has 2 heterocycles. The smallest absolute Gasteiger partial charge is 0.242 e. The minimum absolute atomic E-state index is 0.216. The first-order valence-corrected chi connectivity index (χ1v) is 13.0. The van der Waals surface area contributed by atoms with Crippen LogP contribution in [0.2, 0.25) is 0 Å². The molecule has 2 aliphatic rings. The Morgan fingerprint density at radius 2 is 1.85 bits per heavy atom. The number of rotatable bonds is 5. The van der Waals surface area contributed by atoms with Crippen molar-refractivity contribution < 1.29 is 4.79 Å². The second kappa shape index (κ2) is 8.12. The van der Waals surface area contributed by atoms with Gasteiger partial charge in [-0.05, 0) is 65.8 Å². The molecule has 0 N–H and O–H groups in total. The van der Waals surface area contributed by atoms with Crippen molar-refractivity contribution in [2.24, 2.45) is 10.8 Å². The van der Waals surface area contributed by atoms with E-state index < -0.39 is 0 Å². The molecule has 0 spiro atoms. The first-order chi connectivity index (χ1) is 15.6. The van der Waals surface area contributed by atoms with Crippen LogP contribution in [0.25, 0.3) is 10.2 Å². The van der Waals surface area contributed by atoms with Crippen LogP contribution >= 0.6 is 11.3 Å². The lowest BCUT2D eigenvalue weighted by atomic mass is 9.65. The van der Waals surface area contributed by atoms with Gasteiger partial charge in [-0.1, -0.05) is 70.2 Å². The van der Waals surface area contributed by atoms with Crippen molar-refractivity contribution >= 4 is 38.3 Å². The lowest BCUT2D eigenvalue weighted by molar-refractivity contribution is -0.130. The monoisotopic (exact) mass is 461 g/mol. The van der Waals surface area contributed by atoms with Gasteiger partial charge in [0, 0.05) is 18.3 Å². The SMILES string of the molecule is CC(C)c1ccc(N(CC(=O)N2C[C@@]3(C)C[C@H]2CC(C)(C)C3)c2nc3ccccc3s2)cc1. The Hall–Kier alpha value is -2.40. The first-order valence-electron chi connectivity index (χ1n) is 12.2. The molecule has 2 atom stereocenters. The molecule has 1 aliphatic carbocycles.